The molecule has 0 radical (unpaired) electrons. The van der Waals surface area contributed by atoms with Gasteiger partial charge in [-0.3, -0.25) is 0 Å². The van der Waals surface area contributed by atoms with Gasteiger partial charge in [0.05, 0.1) is 0 Å². The van der Waals surface area contributed by atoms with E-state index < -0.39 is 44.0 Å². The van der Waals surface area contributed by atoms with Gasteiger partial charge in [0, 0.05) is 0 Å². The van der Waals surface area contributed by atoms with Crippen LogP contribution in [0.4, 0.5) is 0 Å². The Morgan fingerprint density at radius 2 is 1.20 bits per heavy atom. The van der Waals surface area contributed by atoms with Gasteiger partial charge in [-0.15, -0.1) is 0 Å². The van der Waals surface area contributed by atoms with Gasteiger partial charge in [0.2, 0.25) is 0 Å². The quantitative estimate of drug-likeness (QED) is 0.515. The summed E-state index contributed by atoms with van der Waals surface area (Å²) in [7, 11) is -11.4. The smallest absolute Gasteiger partial charge is 0.323 e. The van der Waals surface area contributed by atoms with Gasteiger partial charge >= 0.3 is 34.2 Å². The number of hydrogen-bond donors (Lipinski definition) is 3. The molecule has 20 heavy (non-hydrogen) atoms. The fourth-order valence-corrected chi connectivity index (χ4v) is 18.6. The second-order valence-electron chi connectivity index (χ2n) is 6.33. The van der Waals surface area contributed by atoms with Gasteiger partial charge in [-0.05, 0) is 51.4 Å². The van der Waals surface area contributed by atoms with Crippen LogP contribution in [0.15, 0.2) is 0 Å². The highest BCUT2D eigenvalue weighted by Gasteiger charge is 2.41. The third-order valence-electron chi connectivity index (χ3n) is 2.48. The second kappa shape index (κ2) is 7.41. The summed E-state index contributed by atoms with van der Waals surface area (Å²) in [4.78, 5) is 30.4. The third kappa shape index (κ3) is 10.6. The normalized spacial score (nSPS) is 20.1. The van der Waals surface area contributed by atoms with Gasteiger partial charge in [0.1, 0.15) is 9.76 Å². The van der Waals surface area contributed by atoms with Gasteiger partial charge in [-0.25, -0.2) is 0 Å². The van der Waals surface area contributed by atoms with Gasteiger partial charge in [0.25, 0.3) is 0 Å². The summed E-state index contributed by atoms with van der Waals surface area (Å²) < 4.78 is 17.0. The van der Waals surface area contributed by atoms with Gasteiger partial charge in [-0.1, -0.05) is 6.55 Å². The Labute approximate surface area is 129 Å². The van der Waals surface area contributed by atoms with Gasteiger partial charge in [0.15, 0.2) is 0 Å². The topological polar surface area (TPSA) is 88.4 Å². The van der Waals surface area contributed by atoms with Crippen LogP contribution in [0, 0.1) is 0 Å². The maximum Gasteiger partial charge on any atom is 0.323 e. The zero-order valence-electron chi connectivity index (χ0n) is 13.7. The van der Waals surface area contributed by atoms with Crippen LogP contribution in [0.5, 0.6) is 0 Å². The van der Waals surface area contributed by atoms with Crippen LogP contribution in [-0.4, -0.2) is 58.4 Å². The van der Waals surface area contributed by atoms with E-state index in [1.165, 1.54) is 0 Å². The average Bonchev–Trinajstić information content (AvgIpc) is 2.09. The molecular weight excluding hydrogens is 345 g/mol. The Morgan fingerprint density at radius 1 is 0.800 bits per heavy atom. The van der Waals surface area contributed by atoms with Crippen molar-refractivity contribution in [1.82, 2.24) is 0 Å². The lowest BCUT2D eigenvalue weighted by Gasteiger charge is -2.34. The molecule has 0 aromatic carbocycles. The molecule has 0 aromatic heterocycles. The van der Waals surface area contributed by atoms with E-state index in [9.17, 15) is 14.4 Å². The van der Waals surface area contributed by atoms with Crippen molar-refractivity contribution in [3.8, 4) is 0 Å². The minimum Gasteiger partial charge on any atom is -0.442 e. The predicted octanol–water partition coefficient (Wildman–Crippen LogP) is 0.693. The van der Waals surface area contributed by atoms with Crippen molar-refractivity contribution >= 4 is 44.0 Å². The molecule has 0 bridgehead atoms. The molecule has 0 rings (SSSR count). The number of hydrogen-bond acceptors (Lipinski definition) is 6. The minimum absolute atomic E-state index is 0.358. The molecule has 0 aromatic rings. The van der Waals surface area contributed by atoms with Crippen LogP contribution in [-0.2, 0) is 12.3 Å². The molecule has 6 nitrogen and oxygen atoms in total. The van der Waals surface area contributed by atoms with E-state index in [1.807, 2.05) is 19.6 Å². The summed E-state index contributed by atoms with van der Waals surface area (Å²) in [5.74, 6) is 0. The standard InChI is InChI=1S/C9H30O6Si5/c1-16-13-18(4,5)15-20(7,12)9-8-19(6,11)14-17(2,3)10/h10-12H,8-9,16H2,1-7H3. The molecule has 0 aliphatic heterocycles. The summed E-state index contributed by atoms with van der Waals surface area (Å²) in [6.45, 7) is 12.5. The minimum atomic E-state index is -2.95. The van der Waals surface area contributed by atoms with E-state index in [-0.39, 0.29) is 0 Å². The fraction of sp³-hybridized carbons (Fsp3) is 1.00. The molecule has 0 amide bonds. The third-order valence-corrected chi connectivity index (χ3v) is 16.8. The summed E-state index contributed by atoms with van der Waals surface area (Å²) in [5.41, 5.74) is 0. The second-order valence-corrected chi connectivity index (χ2v) is 21.1. The molecule has 0 spiro atoms. The van der Waals surface area contributed by atoms with Crippen molar-refractivity contribution in [2.45, 2.75) is 57.9 Å². The van der Waals surface area contributed by atoms with Crippen molar-refractivity contribution in [2.75, 3.05) is 0 Å². The van der Waals surface area contributed by atoms with Crippen LogP contribution in [0.1, 0.15) is 0 Å². The molecule has 0 saturated heterocycles. The molecule has 0 aliphatic rings. The Hall–Kier alpha value is 0.844. The lowest BCUT2D eigenvalue weighted by Crippen LogP contribution is -2.52. The van der Waals surface area contributed by atoms with Crippen LogP contribution >= 0.6 is 0 Å². The molecule has 122 valence electrons. The maximum absolute atomic E-state index is 10.4. The van der Waals surface area contributed by atoms with E-state index in [2.05, 4.69) is 0 Å². The van der Waals surface area contributed by atoms with Crippen LogP contribution in [0.25, 0.3) is 0 Å². The summed E-state index contributed by atoms with van der Waals surface area (Å²) in [5, 5.41) is 0. The lowest BCUT2D eigenvalue weighted by atomic mass is 10.9. The first-order chi connectivity index (χ1) is 8.68. The lowest BCUT2D eigenvalue weighted by molar-refractivity contribution is 0.305. The van der Waals surface area contributed by atoms with Crippen LogP contribution in [0.2, 0.25) is 57.9 Å². The van der Waals surface area contributed by atoms with E-state index in [4.69, 9.17) is 12.3 Å². The fourth-order valence-electron chi connectivity index (χ4n) is 2.01. The van der Waals surface area contributed by atoms with Gasteiger partial charge in [-0.2, -0.15) is 0 Å². The molecule has 3 N–H and O–H groups in total. The van der Waals surface area contributed by atoms with E-state index >= 15 is 0 Å². The first-order valence-electron chi connectivity index (χ1n) is 6.89. The Bertz CT molecular complexity index is 304. The summed E-state index contributed by atoms with van der Waals surface area (Å²) >= 11 is 0. The summed E-state index contributed by atoms with van der Waals surface area (Å²) in [6, 6.07) is 0.749. The van der Waals surface area contributed by atoms with E-state index in [0.29, 0.717) is 12.1 Å². The highest BCUT2D eigenvalue weighted by atomic mass is 28.5. The van der Waals surface area contributed by atoms with Crippen molar-refractivity contribution < 1.29 is 26.7 Å². The average molecular weight is 375 g/mol. The first kappa shape index (κ1) is 20.8. The van der Waals surface area contributed by atoms with Crippen molar-refractivity contribution in [1.29, 1.82) is 0 Å². The molecule has 0 heterocycles. The predicted molar refractivity (Wildman–Crippen MR) is 92.1 cm³/mol. The van der Waals surface area contributed by atoms with Crippen LogP contribution < -0.4 is 0 Å². The van der Waals surface area contributed by atoms with Crippen molar-refractivity contribution in [2.24, 2.45) is 0 Å². The maximum atomic E-state index is 10.4. The van der Waals surface area contributed by atoms with Crippen molar-refractivity contribution in [3.63, 3.8) is 0 Å². The van der Waals surface area contributed by atoms with E-state index in [0.717, 1.165) is 0 Å². The largest absolute Gasteiger partial charge is 0.442 e. The van der Waals surface area contributed by atoms with E-state index in [1.54, 1.807) is 26.2 Å². The Kier molecular flexibility index (Phi) is 7.72. The zero-order valence-corrected chi connectivity index (χ0v) is 19.1. The molecule has 2 unspecified atom stereocenters. The summed E-state index contributed by atoms with van der Waals surface area (Å²) in [6.07, 6.45) is 0. The highest BCUT2D eigenvalue weighted by Crippen LogP contribution is 2.23. The van der Waals surface area contributed by atoms with Gasteiger partial charge < -0.3 is 26.7 Å². The van der Waals surface area contributed by atoms with Crippen molar-refractivity contribution in [3.05, 3.63) is 0 Å². The highest BCUT2D eigenvalue weighted by molar-refractivity contribution is 6.82. The van der Waals surface area contributed by atoms with Crippen LogP contribution in [0.3, 0.4) is 0 Å². The molecular formula is C9H30O6Si5. The zero-order chi connectivity index (χ0) is 16.2. The molecule has 11 heteroatoms. The number of rotatable bonds is 9. The first-order valence-corrected chi connectivity index (χ1v) is 19.7. The molecule has 0 aliphatic carbocycles. The molecule has 0 fully saturated rings. The Balaban J connectivity index is 4.48. The Morgan fingerprint density at radius 3 is 1.55 bits per heavy atom. The SMILES string of the molecule is C[SiH2]O[Si](C)(C)O[Si](C)(O)CC[Si](C)(O)O[Si](C)(C)O. The monoisotopic (exact) mass is 374 g/mol. The molecule has 2 atom stereocenters. The molecule has 0 saturated carbocycles.